The molecule has 108 valence electrons. The molecule has 1 N–H and O–H groups in total. The van der Waals surface area contributed by atoms with Crippen molar-refractivity contribution in [2.45, 2.75) is 33.1 Å². The van der Waals surface area contributed by atoms with Crippen LogP contribution < -0.4 is 5.32 Å². The maximum absolute atomic E-state index is 12.3. The van der Waals surface area contributed by atoms with Crippen LogP contribution in [0.25, 0.3) is 0 Å². The zero-order valence-corrected chi connectivity index (χ0v) is 12.1. The molecule has 2 aliphatic heterocycles. The van der Waals surface area contributed by atoms with E-state index in [0.29, 0.717) is 19.6 Å². The second-order valence-corrected chi connectivity index (χ2v) is 6.35. The maximum atomic E-state index is 12.3. The number of piperazine rings is 1. The summed E-state index contributed by atoms with van der Waals surface area (Å²) >= 11 is 0. The first kappa shape index (κ1) is 14.3. The first-order chi connectivity index (χ1) is 8.99. The number of hydrogen-bond acceptors (Lipinski definition) is 3. The third-order valence-corrected chi connectivity index (χ3v) is 4.21. The molecule has 2 fully saturated rings. The molecule has 2 aliphatic rings. The summed E-state index contributed by atoms with van der Waals surface area (Å²) in [6.07, 6.45) is 3.10. The number of amides is 2. The summed E-state index contributed by atoms with van der Waals surface area (Å²) < 4.78 is 0. The molecule has 0 aliphatic carbocycles. The fourth-order valence-corrected chi connectivity index (χ4v) is 2.76. The van der Waals surface area contributed by atoms with Crippen LogP contribution in [0, 0.1) is 5.41 Å². The Morgan fingerprint density at radius 2 is 1.47 bits per heavy atom. The summed E-state index contributed by atoms with van der Waals surface area (Å²) in [5.41, 5.74) is 0.285. The second kappa shape index (κ2) is 5.90. The van der Waals surface area contributed by atoms with Gasteiger partial charge < -0.3 is 15.1 Å². The summed E-state index contributed by atoms with van der Waals surface area (Å²) in [7, 11) is 0. The molecule has 0 aromatic heterocycles. The second-order valence-electron chi connectivity index (χ2n) is 6.35. The van der Waals surface area contributed by atoms with Gasteiger partial charge in [0.15, 0.2) is 0 Å². The molecule has 0 saturated carbocycles. The Kier molecular flexibility index (Phi) is 4.45. The number of carbonyl (C=O) groups is 2. The molecule has 0 radical (unpaired) electrons. The van der Waals surface area contributed by atoms with Gasteiger partial charge in [-0.25, -0.2) is 0 Å². The van der Waals surface area contributed by atoms with E-state index in [2.05, 4.69) is 19.2 Å². The van der Waals surface area contributed by atoms with Gasteiger partial charge in [0.2, 0.25) is 0 Å². The summed E-state index contributed by atoms with van der Waals surface area (Å²) in [5.74, 6) is -0.624. The zero-order chi connectivity index (χ0) is 13.9. The summed E-state index contributed by atoms with van der Waals surface area (Å²) in [4.78, 5) is 27.9. The van der Waals surface area contributed by atoms with Gasteiger partial charge in [-0.15, -0.1) is 0 Å². The Bertz CT molecular complexity index is 349. The average molecular weight is 267 g/mol. The minimum Gasteiger partial charge on any atom is -0.334 e. The van der Waals surface area contributed by atoms with Crippen LogP contribution in [0.2, 0.25) is 0 Å². The molecular weight excluding hydrogens is 242 g/mol. The van der Waals surface area contributed by atoms with Gasteiger partial charge >= 0.3 is 11.8 Å². The number of carbonyl (C=O) groups excluding carboxylic acids is 2. The van der Waals surface area contributed by atoms with Crippen LogP contribution in [0.1, 0.15) is 33.1 Å². The smallest absolute Gasteiger partial charge is 0.312 e. The number of nitrogens with zero attached hydrogens (tertiary/aromatic N) is 2. The summed E-state index contributed by atoms with van der Waals surface area (Å²) in [6.45, 7) is 8.76. The molecule has 0 atom stereocenters. The van der Waals surface area contributed by atoms with E-state index in [1.807, 2.05) is 0 Å². The molecule has 2 heterocycles. The van der Waals surface area contributed by atoms with Gasteiger partial charge in [0, 0.05) is 39.3 Å². The highest BCUT2D eigenvalue weighted by molar-refractivity contribution is 6.34. The van der Waals surface area contributed by atoms with Crippen molar-refractivity contribution in [3.05, 3.63) is 0 Å². The molecule has 0 aromatic rings. The highest BCUT2D eigenvalue weighted by Gasteiger charge is 2.31. The Balaban J connectivity index is 1.93. The number of likely N-dealkylation sites (tertiary alicyclic amines) is 1. The molecule has 0 unspecified atom stereocenters. The maximum Gasteiger partial charge on any atom is 0.312 e. The Labute approximate surface area is 115 Å². The third kappa shape index (κ3) is 3.69. The van der Waals surface area contributed by atoms with Gasteiger partial charge in [-0.1, -0.05) is 13.8 Å². The average Bonchev–Trinajstić information content (AvgIpc) is 2.59. The van der Waals surface area contributed by atoms with Crippen molar-refractivity contribution in [3.8, 4) is 0 Å². The van der Waals surface area contributed by atoms with Crippen LogP contribution in [0.15, 0.2) is 0 Å². The molecule has 19 heavy (non-hydrogen) atoms. The van der Waals surface area contributed by atoms with Crippen molar-refractivity contribution in [1.29, 1.82) is 0 Å². The Morgan fingerprint density at radius 1 is 0.895 bits per heavy atom. The minimum atomic E-state index is -0.318. The first-order valence-electron chi connectivity index (χ1n) is 7.28. The van der Waals surface area contributed by atoms with E-state index in [-0.39, 0.29) is 17.2 Å². The summed E-state index contributed by atoms with van der Waals surface area (Å²) in [6, 6.07) is 0. The summed E-state index contributed by atoms with van der Waals surface area (Å²) in [5, 5.41) is 3.19. The number of rotatable bonds is 0. The molecule has 5 nitrogen and oxygen atoms in total. The fraction of sp³-hybridized carbons (Fsp3) is 0.857. The minimum absolute atomic E-state index is 0.285. The van der Waals surface area contributed by atoms with Crippen molar-refractivity contribution < 1.29 is 9.59 Å². The van der Waals surface area contributed by atoms with Crippen LogP contribution >= 0.6 is 0 Å². The molecular formula is C14H25N3O2. The predicted molar refractivity (Wildman–Crippen MR) is 73.7 cm³/mol. The van der Waals surface area contributed by atoms with E-state index in [1.54, 1.807) is 9.80 Å². The van der Waals surface area contributed by atoms with E-state index in [1.165, 1.54) is 0 Å². The molecule has 0 bridgehead atoms. The lowest BCUT2D eigenvalue weighted by Gasteiger charge is -2.29. The molecule has 5 heteroatoms. The van der Waals surface area contributed by atoms with Crippen molar-refractivity contribution in [2.75, 3.05) is 39.3 Å². The molecule has 0 aromatic carbocycles. The Morgan fingerprint density at radius 3 is 2.11 bits per heavy atom. The topological polar surface area (TPSA) is 52.7 Å². The third-order valence-electron chi connectivity index (χ3n) is 4.21. The number of nitrogens with one attached hydrogen (secondary N) is 1. The van der Waals surface area contributed by atoms with Gasteiger partial charge in [-0.2, -0.15) is 0 Å². The van der Waals surface area contributed by atoms with Gasteiger partial charge in [0.25, 0.3) is 0 Å². The lowest BCUT2D eigenvalue weighted by molar-refractivity contribution is -0.152. The number of hydrogen-bond donors (Lipinski definition) is 1. The van der Waals surface area contributed by atoms with Gasteiger partial charge in [-0.05, 0) is 24.7 Å². The van der Waals surface area contributed by atoms with E-state index in [9.17, 15) is 9.59 Å². The first-order valence-corrected chi connectivity index (χ1v) is 7.28. The van der Waals surface area contributed by atoms with E-state index in [4.69, 9.17) is 0 Å². The van der Waals surface area contributed by atoms with Gasteiger partial charge in [-0.3, -0.25) is 9.59 Å². The molecule has 0 spiro atoms. The fourth-order valence-electron chi connectivity index (χ4n) is 2.76. The van der Waals surface area contributed by atoms with E-state index < -0.39 is 0 Å². The largest absolute Gasteiger partial charge is 0.334 e. The van der Waals surface area contributed by atoms with Gasteiger partial charge in [0.05, 0.1) is 0 Å². The van der Waals surface area contributed by atoms with Crippen LogP contribution in [0.5, 0.6) is 0 Å². The normalized spacial score (nSPS) is 23.9. The predicted octanol–water partition coefficient (Wildman–Crippen LogP) is 0.457. The monoisotopic (exact) mass is 267 g/mol. The standard InChI is InChI=1S/C14H25N3O2/c1-14(2)4-3-8-16(9-5-14)12(18)13(19)17-10-6-15-7-11-17/h15H,3-11H2,1-2H3. The highest BCUT2D eigenvalue weighted by atomic mass is 16.2. The van der Waals surface area contributed by atoms with Crippen LogP contribution in [-0.2, 0) is 9.59 Å². The van der Waals surface area contributed by atoms with Crippen LogP contribution in [0.4, 0.5) is 0 Å². The quantitative estimate of drug-likeness (QED) is 0.649. The van der Waals surface area contributed by atoms with Crippen LogP contribution in [0.3, 0.4) is 0 Å². The molecule has 2 rings (SSSR count). The van der Waals surface area contributed by atoms with Crippen molar-refractivity contribution in [1.82, 2.24) is 15.1 Å². The Hall–Kier alpha value is -1.10. The zero-order valence-electron chi connectivity index (χ0n) is 12.1. The van der Waals surface area contributed by atoms with E-state index >= 15 is 0 Å². The van der Waals surface area contributed by atoms with Crippen molar-refractivity contribution in [3.63, 3.8) is 0 Å². The van der Waals surface area contributed by atoms with Gasteiger partial charge in [0.1, 0.15) is 0 Å². The van der Waals surface area contributed by atoms with Crippen LogP contribution in [-0.4, -0.2) is 60.9 Å². The van der Waals surface area contributed by atoms with E-state index in [0.717, 1.165) is 38.9 Å². The molecule has 2 amide bonds. The lowest BCUT2D eigenvalue weighted by atomic mass is 9.85. The van der Waals surface area contributed by atoms with Crippen molar-refractivity contribution >= 4 is 11.8 Å². The highest BCUT2D eigenvalue weighted by Crippen LogP contribution is 2.29. The lowest BCUT2D eigenvalue weighted by Crippen LogP contribution is -2.52. The van der Waals surface area contributed by atoms with Crippen molar-refractivity contribution in [2.24, 2.45) is 5.41 Å². The molecule has 2 saturated heterocycles. The SMILES string of the molecule is CC1(C)CCCN(C(=O)C(=O)N2CCNCC2)CC1.